The van der Waals surface area contributed by atoms with Crippen LogP contribution in [0.3, 0.4) is 0 Å². The molecule has 1 aromatic heterocycles. The van der Waals surface area contributed by atoms with E-state index in [0.717, 1.165) is 32.6 Å². The third-order valence-electron chi connectivity index (χ3n) is 5.02. The lowest BCUT2D eigenvalue weighted by atomic mass is 10.2. The Morgan fingerprint density at radius 3 is 2.68 bits per heavy atom. The van der Waals surface area contributed by atoms with Crippen LogP contribution in [0.5, 0.6) is 0 Å². The fraction of sp³-hybridized carbons (Fsp3) is 0.471. The van der Waals surface area contributed by atoms with E-state index < -0.39 is 15.6 Å². The zero-order chi connectivity index (χ0) is 17.4. The van der Waals surface area contributed by atoms with Gasteiger partial charge in [-0.1, -0.05) is 0 Å². The lowest BCUT2D eigenvalue weighted by Gasteiger charge is -2.32. The number of piperazine rings is 1. The standard InChI is InChI=1S/C17H21N3O4S/c21-17-4-1-13-11-15(2-3-16(13)24-17)25(22,23)20-8-5-14(12-20)19-9-6-18-7-10-19/h1-4,11,14,18H,5-10,12H2. The molecule has 1 unspecified atom stereocenters. The van der Waals surface area contributed by atoms with Gasteiger partial charge in [0.15, 0.2) is 0 Å². The van der Waals surface area contributed by atoms with Crippen LogP contribution in [0.15, 0.2) is 44.4 Å². The minimum absolute atomic E-state index is 0.245. The van der Waals surface area contributed by atoms with Gasteiger partial charge >= 0.3 is 5.63 Å². The Bertz CT molecular complexity index is 934. The molecule has 3 heterocycles. The molecule has 8 heteroatoms. The summed E-state index contributed by atoms with van der Waals surface area (Å²) in [5, 5.41) is 3.93. The van der Waals surface area contributed by atoms with Crippen molar-refractivity contribution in [2.45, 2.75) is 17.4 Å². The molecule has 1 atom stereocenters. The first-order valence-electron chi connectivity index (χ1n) is 8.53. The zero-order valence-corrected chi connectivity index (χ0v) is 14.7. The molecule has 2 aromatic rings. The van der Waals surface area contributed by atoms with Crippen molar-refractivity contribution in [2.75, 3.05) is 39.3 Å². The van der Waals surface area contributed by atoms with E-state index in [4.69, 9.17) is 4.42 Å². The fourth-order valence-corrected chi connectivity index (χ4v) is 5.16. The number of benzene rings is 1. The maximum atomic E-state index is 13.0. The third kappa shape index (κ3) is 3.22. The van der Waals surface area contributed by atoms with Crippen molar-refractivity contribution in [1.29, 1.82) is 0 Å². The second-order valence-corrected chi connectivity index (χ2v) is 8.48. The summed E-state index contributed by atoms with van der Waals surface area (Å²) in [6.45, 7) is 4.92. The Hall–Kier alpha value is -1.74. The first-order chi connectivity index (χ1) is 12.0. The van der Waals surface area contributed by atoms with Crippen LogP contribution in [0.25, 0.3) is 11.0 Å². The summed E-state index contributed by atoms with van der Waals surface area (Å²) < 4.78 is 32.6. The Labute approximate surface area is 146 Å². The quantitative estimate of drug-likeness (QED) is 0.798. The highest BCUT2D eigenvalue weighted by atomic mass is 32.2. The van der Waals surface area contributed by atoms with Gasteiger partial charge in [0, 0.05) is 56.8 Å². The van der Waals surface area contributed by atoms with Gasteiger partial charge in [-0.25, -0.2) is 13.2 Å². The number of sulfonamides is 1. The van der Waals surface area contributed by atoms with Gasteiger partial charge in [0.25, 0.3) is 0 Å². The Kier molecular flexibility index (Phi) is 4.36. The molecule has 7 nitrogen and oxygen atoms in total. The van der Waals surface area contributed by atoms with Gasteiger partial charge in [0.2, 0.25) is 10.0 Å². The molecule has 2 aliphatic rings. The van der Waals surface area contributed by atoms with Crippen molar-refractivity contribution in [3.05, 3.63) is 40.8 Å². The summed E-state index contributed by atoms with van der Waals surface area (Å²) in [4.78, 5) is 13.9. The number of hydrogen-bond acceptors (Lipinski definition) is 6. The maximum Gasteiger partial charge on any atom is 0.336 e. The van der Waals surface area contributed by atoms with Crippen LogP contribution in [0.2, 0.25) is 0 Å². The van der Waals surface area contributed by atoms with Crippen molar-refractivity contribution in [2.24, 2.45) is 0 Å². The predicted octanol–water partition coefficient (Wildman–Crippen LogP) is 0.461. The molecule has 0 spiro atoms. The van der Waals surface area contributed by atoms with E-state index in [2.05, 4.69) is 10.2 Å². The molecule has 2 fully saturated rings. The van der Waals surface area contributed by atoms with Crippen LogP contribution in [-0.4, -0.2) is 62.9 Å². The highest BCUT2D eigenvalue weighted by Crippen LogP contribution is 2.26. The number of fused-ring (bicyclic) bond motifs is 1. The third-order valence-corrected chi connectivity index (χ3v) is 6.88. The molecule has 2 saturated heterocycles. The van der Waals surface area contributed by atoms with Gasteiger partial charge in [-0.3, -0.25) is 4.90 Å². The first-order valence-corrected chi connectivity index (χ1v) is 9.97. The largest absolute Gasteiger partial charge is 0.423 e. The van der Waals surface area contributed by atoms with Gasteiger partial charge in [-0.15, -0.1) is 0 Å². The highest BCUT2D eigenvalue weighted by molar-refractivity contribution is 7.89. The summed E-state index contributed by atoms with van der Waals surface area (Å²) in [5.74, 6) is 0. The van der Waals surface area contributed by atoms with Crippen LogP contribution in [0.1, 0.15) is 6.42 Å². The topological polar surface area (TPSA) is 82.9 Å². The summed E-state index contributed by atoms with van der Waals surface area (Å²) >= 11 is 0. The van der Waals surface area contributed by atoms with E-state index in [0.29, 0.717) is 24.1 Å². The van der Waals surface area contributed by atoms with Crippen LogP contribution < -0.4 is 10.9 Å². The van der Waals surface area contributed by atoms with E-state index >= 15 is 0 Å². The van der Waals surface area contributed by atoms with E-state index in [1.165, 1.54) is 12.1 Å². The molecule has 1 aromatic carbocycles. The molecule has 1 N–H and O–H groups in total. The van der Waals surface area contributed by atoms with Gasteiger partial charge in [-0.05, 0) is 30.7 Å². The average molecular weight is 363 g/mol. The van der Waals surface area contributed by atoms with Crippen molar-refractivity contribution >= 4 is 21.0 Å². The van der Waals surface area contributed by atoms with E-state index in [1.54, 1.807) is 22.5 Å². The van der Waals surface area contributed by atoms with Crippen LogP contribution in [-0.2, 0) is 10.0 Å². The van der Waals surface area contributed by atoms with Crippen LogP contribution in [0.4, 0.5) is 0 Å². The predicted molar refractivity (Wildman–Crippen MR) is 94.1 cm³/mol. The minimum atomic E-state index is -3.54. The second kappa shape index (κ2) is 6.53. The van der Waals surface area contributed by atoms with E-state index in [9.17, 15) is 13.2 Å². The summed E-state index contributed by atoms with van der Waals surface area (Å²) in [5.41, 5.74) is -0.0481. The lowest BCUT2D eigenvalue weighted by molar-refractivity contribution is 0.179. The van der Waals surface area contributed by atoms with Crippen molar-refractivity contribution in [3.63, 3.8) is 0 Å². The molecule has 134 valence electrons. The van der Waals surface area contributed by atoms with Crippen molar-refractivity contribution < 1.29 is 12.8 Å². The normalized spacial score (nSPS) is 23.3. The molecule has 0 bridgehead atoms. The van der Waals surface area contributed by atoms with Gasteiger partial charge in [-0.2, -0.15) is 4.31 Å². The Balaban J connectivity index is 1.57. The second-order valence-electron chi connectivity index (χ2n) is 6.55. The molecule has 0 radical (unpaired) electrons. The minimum Gasteiger partial charge on any atom is -0.423 e. The SMILES string of the molecule is O=c1ccc2cc(S(=O)(=O)N3CCC(N4CCNCC4)C3)ccc2o1. The van der Waals surface area contributed by atoms with Crippen molar-refractivity contribution in [3.8, 4) is 0 Å². The monoisotopic (exact) mass is 363 g/mol. The van der Waals surface area contributed by atoms with Crippen molar-refractivity contribution in [1.82, 2.24) is 14.5 Å². The van der Waals surface area contributed by atoms with Gasteiger partial charge < -0.3 is 9.73 Å². The molecule has 0 amide bonds. The Morgan fingerprint density at radius 2 is 1.88 bits per heavy atom. The number of nitrogens with one attached hydrogen (secondary N) is 1. The van der Waals surface area contributed by atoms with Crippen LogP contribution in [0, 0.1) is 0 Å². The first kappa shape index (κ1) is 16.7. The number of nitrogens with zero attached hydrogens (tertiary/aromatic N) is 2. The van der Waals surface area contributed by atoms with Gasteiger partial charge in [0.1, 0.15) is 5.58 Å². The van der Waals surface area contributed by atoms with Crippen LogP contribution >= 0.6 is 0 Å². The summed E-state index contributed by atoms with van der Waals surface area (Å²) in [6.07, 6.45) is 0.863. The van der Waals surface area contributed by atoms with Gasteiger partial charge in [0.05, 0.1) is 4.90 Å². The Morgan fingerprint density at radius 1 is 1.08 bits per heavy atom. The number of hydrogen-bond donors (Lipinski definition) is 1. The summed E-state index contributed by atoms with van der Waals surface area (Å²) in [7, 11) is -3.54. The summed E-state index contributed by atoms with van der Waals surface area (Å²) in [6, 6.07) is 7.82. The molecule has 0 aliphatic carbocycles. The smallest absolute Gasteiger partial charge is 0.336 e. The van der Waals surface area contributed by atoms with E-state index in [-0.39, 0.29) is 10.9 Å². The maximum absolute atomic E-state index is 13.0. The molecule has 2 aliphatic heterocycles. The van der Waals surface area contributed by atoms with E-state index in [1.807, 2.05) is 0 Å². The fourth-order valence-electron chi connectivity index (χ4n) is 3.63. The molecule has 0 saturated carbocycles. The molecular formula is C17H21N3O4S. The molecule has 25 heavy (non-hydrogen) atoms. The average Bonchev–Trinajstić information content (AvgIpc) is 3.13. The molecule has 4 rings (SSSR count). The number of rotatable bonds is 3. The molecular weight excluding hydrogens is 342 g/mol. The zero-order valence-electron chi connectivity index (χ0n) is 13.8. The highest BCUT2D eigenvalue weighted by Gasteiger charge is 2.35. The lowest BCUT2D eigenvalue weighted by Crippen LogP contribution is -2.49.